The van der Waals surface area contributed by atoms with E-state index in [1.54, 1.807) is 0 Å². The first-order valence-electron chi connectivity index (χ1n) is 19.2. The van der Waals surface area contributed by atoms with Crippen molar-refractivity contribution in [2.75, 3.05) is 19.8 Å². The van der Waals surface area contributed by atoms with Crippen molar-refractivity contribution >= 4 is 11.0 Å². The van der Waals surface area contributed by atoms with Gasteiger partial charge in [-0.25, -0.2) is 0 Å². The van der Waals surface area contributed by atoms with Crippen molar-refractivity contribution in [1.29, 1.82) is 0 Å². The lowest BCUT2D eigenvalue weighted by Gasteiger charge is -2.44. The van der Waals surface area contributed by atoms with Crippen molar-refractivity contribution in [1.82, 2.24) is 0 Å². The van der Waals surface area contributed by atoms with Crippen LogP contribution in [-0.4, -0.2) is 207 Å². The number of aliphatic hydroxyl groups is 14. The summed E-state index contributed by atoms with van der Waals surface area (Å²) in [6.07, 6.45) is -35.6. The Morgan fingerprint density at radius 3 is 1.87 bits per heavy atom. The summed E-state index contributed by atoms with van der Waals surface area (Å²) in [4.78, 5) is 14.2. The Morgan fingerprint density at radius 2 is 1.21 bits per heavy atom. The van der Waals surface area contributed by atoms with Gasteiger partial charge >= 0.3 is 0 Å². The summed E-state index contributed by atoms with van der Waals surface area (Å²) in [5.74, 6) is -0.645. The highest BCUT2D eigenvalue weighted by Crippen LogP contribution is 2.44. The van der Waals surface area contributed by atoms with Gasteiger partial charge in [-0.15, -0.1) is 0 Å². The molecule has 0 amide bonds. The fraction of sp³-hybridized carbons (Fsp3) is 0.605. The lowest BCUT2D eigenvalue weighted by atomic mass is 9.84. The fourth-order valence-electron chi connectivity index (χ4n) is 7.89. The predicted molar refractivity (Wildman–Crippen MR) is 196 cm³/mol. The van der Waals surface area contributed by atoms with Gasteiger partial charge in [0.1, 0.15) is 114 Å². The molecule has 61 heavy (non-hydrogen) atoms. The molecule has 19 unspecified atom stereocenters. The van der Waals surface area contributed by atoms with Gasteiger partial charge in [-0.05, 0) is 29.8 Å². The molecule has 4 aliphatic heterocycles. The highest BCUT2D eigenvalue weighted by molar-refractivity contribution is 5.86. The monoisotopic (exact) mass is 872 g/mol. The number of benzene rings is 2. The molecule has 0 bridgehead atoms. The van der Waals surface area contributed by atoms with E-state index < -0.39 is 154 Å². The van der Waals surface area contributed by atoms with E-state index in [0.29, 0.717) is 5.56 Å². The molecule has 338 valence electrons. The molecule has 2 aromatic carbocycles. The molecule has 1 aromatic heterocycles. The zero-order chi connectivity index (χ0) is 44.2. The van der Waals surface area contributed by atoms with Crippen molar-refractivity contribution < 1.29 is 109 Å². The first kappa shape index (κ1) is 45.5. The SMILES string of the molecule is O=c1cc(-c2ccc(O)cc2)oc2cc(OC3OCC(OC4OC(CO)C(O)C(O)C4O)C(O)C3O)c(C3OC(CO)C(O)C(O)C3O)c(CC3OC(O)C(O)C(O)C3O)c12. The molecule has 23 nitrogen and oxygen atoms in total. The van der Waals surface area contributed by atoms with Crippen LogP contribution in [0.25, 0.3) is 22.3 Å². The quantitative estimate of drug-likeness (QED) is 0.0901. The van der Waals surface area contributed by atoms with Crippen molar-refractivity contribution in [3.8, 4) is 22.8 Å². The summed E-state index contributed by atoms with van der Waals surface area (Å²) in [5.41, 5.74) is -1.43. The minimum absolute atomic E-state index is 0.0598. The Balaban J connectivity index is 1.33. The van der Waals surface area contributed by atoms with Crippen molar-refractivity contribution in [2.45, 2.75) is 123 Å². The van der Waals surface area contributed by atoms with Crippen LogP contribution in [0.1, 0.15) is 17.2 Å². The first-order chi connectivity index (χ1) is 28.9. The first-order valence-corrected chi connectivity index (χ1v) is 19.2. The second-order valence-electron chi connectivity index (χ2n) is 15.3. The fourth-order valence-corrected chi connectivity index (χ4v) is 7.89. The maximum Gasteiger partial charge on any atom is 0.228 e. The molecule has 0 aliphatic carbocycles. The highest BCUT2D eigenvalue weighted by atomic mass is 16.7. The van der Waals surface area contributed by atoms with Crippen LogP contribution in [0.2, 0.25) is 0 Å². The van der Waals surface area contributed by atoms with Crippen LogP contribution in [0.5, 0.6) is 11.5 Å². The standard InChI is InChI=1S/C38H48O23/c39-8-19-25(44)28(47)31(50)35(57-19)23-13(5-18-24(43)29(48)32(51)36(54)58-18)22-14(42)6-15(11-1-3-12(41)4-2-11)56-16(22)7-17(23)59-37-33(52)27(46)21(10-55-37)61-38-34(53)30(49)26(45)20(9-40)60-38/h1-4,6-7,18-21,24-41,43-54H,5,8-10H2. The topological polar surface area (TPSA) is 389 Å². The average molecular weight is 873 g/mol. The number of hydrogen-bond acceptors (Lipinski definition) is 23. The molecule has 7 rings (SSSR count). The molecule has 0 saturated carbocycles. The van der Waals surface area contributed by atoms with E-state index in [1.165, 1.54) is 24.3 Å². The Hall–Kier alpha value is -3.51. The summed E-state index contributed by atoms with van der Waals surface area (Å²) in [7, 11) is 0. The number of rotatable bonds is 10. The third-order valence-corrected chi connectivity index (χ3v) is 11.4. The smallest absolute Gasteiger partial charge is 0.228 e. The second kappa shape index (κ2) is 18.3. The lowest BCUT2D eigenvalue weighted by Crippen LogP contribution is -2.62. The number of fused-ring (bicyclic) bond motifs is 1. The number of ether oxygens (including phenoxy) is 6. The Labute approximate surface area is 343 Å². The van der Waals surface area contributed by atoms with Gasteiger partial charge in [-0.1, -0.05) is 0 Å². The summed E-state index contributed by atoms with van der Waals surface area (Å²) in [6, 6.07) is 7.63. The number of hydrogen-bond donors (Lipinski definition) is 15. The van der Waals surface area contributed by atoms with Gasteiger partial charge in [0.2, 0.25) is 6.29 Å². The molecule has 23 heteroatoms. The predicted octanol–water partition coefficient (Wildman–Crippen LogP) is -6.34. The number of phenolic OH excluding ortho intramolecular Hbond substituents is 1. The largest absolute Gasteiger partial charge is 0.508 e. The summed E-state index contributed by atoms with van der Waals surface area (Å²) in [6.45, 7) is -2.33. The third-order valence-electron chi connectivity index (χ3n) is 11.4. The van der Waals surface area contributed by atoms with E-state index in [0.717, 1.165) is 12.1 Å². The van der Waals surface area contributed by atoms with Crippen LogP contribution < -0.4 is 10.2 Å². The van der Waals surface area contributed by atoms with Crippen molar-refractivity contribution in [3.05, 3.63) is 57.7 Å². The molecule has 0 radical (unpaired) electrons. The average Bonchev–Trinajstić information content (AvgIpc) is 3.24. The van der Waals surface area contributed by atoms with E-state index in [2.05, 4.69) is 0 Å². The van der Waals surface area contributed by atoms with Gasteiger partial charge in [0.15, 0.2) is 18.0 Å². The van der Waals surface area contributed by atoms with Gasteiger partial charge in [0, 0.05) is 29.7 Å². The van der Waals surface area contributed by atoms with Crippen LogP contribution in [0.4, 0.5) is 0 Å². The van der Waals surface area contributed by atoms with Crippen LogP contribution in [0.3, 0.4) is 0 Å². The minimum atomic E-state index is -2.08. The van der Waals surface area contributed by atoms with Gasteiger partial charge in [0.25, 0.3) is 0 Å². The maximum atomic E-state index is 14.2. The van der Waals surface area contributed by atoms with E-state index in [-0.39, 0.29) is 33.6 Å². The third kappa shape index (κ3) is 8.62. The molecule has 5 heterocycles. The molecule has 4 fully saturated rings. The molecule has 15 N–H and O–H groups in total. The van der Waals surface area contributed by atoms with Crippen LogP contribution >= 0.6 is 0 Å². The molecule has 3 aromatic rings. The number of phenols is 1. The number of aliphatic hydroxyl groups excluding tert-OH is 14. The van der Waals surface area contributed by atoms with E-state index >= 15 is 0 Å². The van der Waals surface area contributed by atoms with E-state index in [1.807, 2.05) is 0 Å². The zero-order valence-electron chi connectivity index (χ0n) is 31.7. The maximum absolute atomic E-state index is 14.2. The van der Waals surface area contributed by atoms with Crippen molar-refractivity contribution in [3.63, 3.8) is 0 Å². The van der Waals surface area contributed by atoms with Gasteiger partial charge in [-0.3, -0.25) is 4.79 Å². The Morgan fingerprint density at radius 1 is 0.623 bits per heavy atom. The van der Waals surface area contributed by atoms with E-state index in [4.69, 9.17) is 32.8 Å². The lowest BCUT2D eigenvalue weighted by molar-refractivity contribution is -0.338. The van der Waals surface area contributed by atoms with Gasteiger partial charge in [0.05, 0.1) is 31.3 Å². The molecular weight excluding hydrogens is 824 g/mol. The highest BCUT2D eigenvalue weighted by Gasteiger charge is 2.51. The van der Waals surface area contributed by atoms with Gasteiger partial charge < -0.3 is 109 Å². The molecule has 4 saturated heterocycles. The molecule has 0 spiro atoms. The zero-order valence-corrected chi connectivity index (χ0v) is 31.7. The minimum Gasteiger partial charge on any atom is -0.508 e. The Bertz CT molecular complexity index is 2030. The van der Waals surface area contributed by atoms with Crippen molar-refractivity contribution in [2.24, 2.45) is 0 Å². The summed E-state index contributed by atoms with van der Waals surface area (Å²) >= 11 is 0. The van der Waals surface area contributed by atoms with Crippen LogP contribution in [0.15, 0.2) is 45.6 Å². The van der Waals surface area contributed by atoms with Gasteiger partial charge in [-0.2, -0.15) is 0 Å². The van der Waals surface area contributed by atoms with Crippen LogP contribution in [0, 0.1) is 0 Å². The Kier molecular flexibility index (Phi) is 13.7. The summed E-state index contributed by atoms with van der Waals surface area (Å²) in [5, 5.41) is 158. The second-order valence-corrected chi connectivity index (χ2v) is 15.3. The molecule has 4 aliphatic rings. The molecule has 19 atom stereocenters. The van der Waals surface area contributed by atoms with Crippen LogP contribution in [-0.2, 0) is 30.1 Å². The normalized spacial score (nSPS) is 40.9. The number of aromatic hydroxyl groups is 1. The van der Waals surface area contributed by atoms with E-state index in [9.17, 15) is 81.4 Å². The molecular formula is C38H48O23. The summed E-state index contributed by atoms with van der Waals surface area (Å²) < 4.78 is 40.3.